The minimum Gasteiger partial charge on any atom is -0.480 e. The van der Waals surface area contributed by atoms with Gasteiger partial charge in [-0.1, -0.05) is 48.5 Å². The number of benzene rings is 3. The first-order chi connectivity index (χ1) is 25.6. The minimum atomic E-state index is -4.44. The zero-order chi connectivity index (χ0) is 38.8. The summed E-state index contributed by atoms with van der Waals surface area (Å²) in [6, 6.07) is 17.2. The first-order valence-electron chi connectivity index (χ1n) is 17.5. The summed E-state index contributed by atoms with van der Waals surface area (Å²) in [5.41, 5.74) is 0.341. The summed E-state index contributed by atoms with van der Waals surface area (Å²) in [6.07, 6.45) is -1.95. The number of likely N-dealkylation sites (tertiary alicyclic amines) is 1. The molecular formula is C40H38F5N5O4. The van der Waals surface area contributed by atoms with Crippen molar-refractivity contribution in [2.24, 2.45) is 0 Å². The van der Waals surface area contributed by atoms with E-state index in [-0.39, 0.29) is 60.2 Å². The molecule has 0 spiro atoms. The van der Waals surface area contributed by atoms with Crippen LogP contribution in [0.5, 0.6) is 0 Å². The molecule has 3 aromatic carbocycles. The molecule has 6 rings (SSSR count). The van der Waals surface area contributed by atoms with Crippen molar-refractivity contribution in [1.82, 2.24) is 24.8 Å². The van der Waals surface area contributed by atoms with Crippen LogP contribution in [0.25, 0.3) is 22.2 Å². The third-order valence-corrected chi connectivity index (χ3v) is 10.1. The van der Waals surface area contributed by atoms with Gasteiger partial charge in [-0.05, 0) is 85.2 Å². The number of hydrogen-bond acceptors (Lipinski definition) is 6. The lowest BCUT2D eigenvalue weighted by molar-refractivity contribution is -0.151. The molecule has 0 unspecified atom stereocenters. The fraction of sp³-hybridized carbons (Fsp3) is 0.325. The summed E-state index contributed by atoms with van der Waals surface area (Å²) < 4.78 is 67.1. The Kier molecular flexibility index (Phi) is 10.9. The van der Waals surface area contributed by atoms with Crippen LogP contribution >= 0.6 is 0 Å². The molecule has 0 aliphatic carbocycles. The second kappa shape index (κ2) is 15.5. The number of pyridine rings is 1. The lowest BCUT2D eigenvalue weighted by Crippen LogP contribution is -2.56. The standard InChI is InChI=1S/C40H38F5N5O4/c1-39(2,38(53)54)49-20-17-30(18-21-49)50(23-24-6-8-25(9-7-24)26-10-13-29(14-11-26)40(43,44)45)33(51)22-28-16-19-46-36-34(28)37(52)48-32(47-36)15-12-27-4-3-5-31(41)35(27)42/h3-11,13-14,16,19,30H,12,15,17-18,20-23H2,1-2H3,(H,53,54)(H,46,47,48,52). The number of amides is 1. The van der Waals surface area contributed by atoms with Crippen molar-refractivity contribution in [1.29, 1.82) is 0 Å². The van der Waals surface area contributed by atoms with Crippen molar-refractivity contribution in [3.8, 4) is 11.1 Å². The molecule has 2 N–H and O–H groups in total. The Bertz CT molecular complexity index is 2210. The predicted molar refractivity (Wildman–Crippen MR) is 191 cm³/mol. The largest absolute Gasteiger partial charge is 0.480 e. The van der Waals surface area contributed by atoms with Crippen LogP contribution in [0.1, 0.15) is 54.8 Å². The number of aliphatic carboxylic acids is 1. The molecular weight excluding hydrogens is 709 g/mol. The first-order valence-corrected chi connectivity index (χ1v) is 17.5. The Morgan fingerprint density at radius 1 is 0.907 bits per heavy atom. The van der Waals surface area contributed by atoms with Crippen molar-refractivity contribution in [2.45, 2.75) is 70.3 Å². The van der Waals surface area contributed by atoms with E-state index in [2.05, 4.69) is 15.0 Å². The van der Waals surface area contributed by atoms with Gasteiger partial charge in [-0.2, -0.15) is 18.2 Å². The van der Waals surface area contributed by atoms with Gasteiger partial charge >= 0.3 is 12.1 Å². The van der Waals surface area contributed by atoms with Crippen molar-refractivity contribution in [2.75, 3.05) is 13.1 Å². The van der Waals surface area contributed by atoms with E-state index in [9.17, 15) is 41.4 Å². The van der Waals surface area contributed by atoms with Gasteiger partial charge in [-0.15, -0.1) is 0 Å². The highest BCUT2D eigenvalue weighted by atomic mass is 19.4. The Labute approximate surface area is 307 Å². The van der Waals surface area contributed by atoms with Crippen LogP contribution in [0.4, 0.5) is 22.0 Å². The van der Waals surface area contributed by atoms with Crippen molar-refractivity contribution >= 4 is 22.9 Å². The van der Waals surface area contributed by atoms with Crippen LogP contribution in [0.3, 0.4) is 0 Å². The highest BCUT2D eigenvalue weighted by Gasteiger charge is 2.38. The molecule has 1 aliphatic heterocycles. The summed E-state index contributed by atoms with van der Waals surface area (Å²) in [6.45, 7) is 4.34. The van der Waals surface area contributed by atoms with Crippen LogP contribution in [-0.4, -0.2) is 66.4 Å². The molecule has 9 nitrogen and oxygen atoms in total. The number of carboxylic acids is 1. The third kappa shape index (κ3) is 8.33. The smallest absolute Gasteiger partial charge is 0.416 e. The zero-order valence-corrected chi connectivity index (χ0v) is 29.6. The molecule has 1 fully saturated rings. The van der Waals surface area contributed by atoms with Gasteiger partial charge in [0.2, 0.25) is 5.91 Å². The molecule has 5 aromatic rings. The molecule has 14 heteroatoms. The first kappa shape index (κ1) is 38.2. The van der Waals surface area contributed by atoms with E-state index in [1.165, 1.54) is 30.5 Å². The number of alkyl halides is 3. The molecule has 54 heavy (non-hydrogen) atoms. The number of nitrogens with one attached hydrogen (secondary N) is 1. The molecule has 0 bridgehead atoms. The SMILES string of the molecule is CC(C)(C(=O)O)N1CCC(N(Cc2ccc(-c3ccc(C(F)(F)F)cc3)cc2)C(=O)Cc2ccnc3[nH]c(CCc4cccc(F)c4F)nc(=O)c23)CC1. The lowest BCUT2D eigenvalue weighted by Gasteiger charge is -2.43. The third-order valence-electron chi connectivity index (χ3n) is 10.1. The van der Waals surface area contributed by atoms with E-state index >= 15 is 0 Å². The van der Waals surface area contributed by atoms with Crippen LogP contribution in [0, 0.1) is 11.6 Å². The summed E-state index contributed by atoms with van der Waals surface area (Å²) in [4.78, 5) is 54.6. The monoisotopic (exact) mass is 747 g/mol. The number of piperidine rings is 1. The molecule has 1 saturated heterocycles. The minimum absolute atomic E-state index is 0.0823. The topological polar surface area (TPSA) is 119 Å². The average Bonchev–Trinajstić information content (AvgIpc) is 3.14. The summed E-state index contributed by atoms with van der Waals surface area (Å²) in [5, 5.41) is 9.91. The fourth-order valence-electron chi connectivity index (χ4n) is 6.85. The molecule has 0 radical (unpaired) electrons. The molecule has 0 atom stereocenters. The predicted octanol–water partition coefficient (Wildman–Crippen LogP) is 6.97. The van der Waals surface area contributed by atoms with Gasteiger partial charge in [0.1, 0.15) is 17.0 Å². The number of aromatic nitrogens is 3. The maximum Gasteiger partial charge on any atom is 0.416 e. The molecule has 2 aromatic heterocycles. The van der Waals surface area contributed by atoms with E-state index in [0.29, 0.717) is 42.6 Å². The number of aryl methyl sites for hydroxylation is 2. The normalized spacial score (nSPS) is 14.4. The fourth-order valence-corrected chi connectivity index (χ4v) is 6.85. The summed E-state index contributed by atoms with van der Waals surface area (Å²) >= 11 is 0. The number of nitrogens with zero attached hydrogens (tertiary/aromatic N) is 4. The van der Waals surface area contributed by atoms with Crippen LogP contribution < -0.4 is 5.56 Å². The second-order valence-electron chi connectivity index (χ2n) is 13.9. The molecule has 1 aliphatic rings. The maximum absolute atomic E-state index is 14.3. The van der Waals surface area contributed by atoms with Crippen LogP contribution in [-0.2, 0) is 41.6 Å². The van der Waals surface area contributed by atoms with Gasteiger partial charge < -0.3 is 15.0 Å². The quantitative estimate of drug-likeness (QED) is 0.140. The number of fused-ring (bicyclic) bond motifs is 1. The highest BCUT2D eigenvalue weighted by Crippen LogP contribution is 2.32. The van der Waals surface area contributed by atoms with Gasteiger partial charge in [0.25, 0.3) is 5.56 Å². The van der Waals surface area contributed by atoms with E-state index in [1.807, 2.05) is 17.0 Å². The maximum atomic E-state index is 14.3. The number of carbonyl (C=O) groups excluding carboxylic acids is 1. The Morgan fingerprint density at radius 3 is 2.19 bits per heavy atom. The van der Waals surface area contributed by atoms with E-state index in [0.717, 1.165) is 23.8 Å². The molecule has 3 heterocycles. The molecule has 1 amide bonds. The van der Waals surface area contributed by atoms with Gasteiger partial charge in [-0.3, -0.25) is 19.3 Å². The van der Waals surface area contributed by atoms with Gasteiger partial charge in [0.15, 0.2) is 11.6 Å². The van der Waals surface area contributed by atoms with Crippen molar-refractivity contribution in [3.05, 3.63) is 129 Å². The summed E-state index contributed by atoms with van der Waals surface area (Å²) in [5.74, 6) is -2.94. The second-order valence-corrected chi connectivity index (χ2v) is 13.9. The van der Waals surface area contributed by atoms with Gasteiger partial charge in [0.05, 0.1) is 17.4 Å². The number of halogens is 5. The van der Waals surface area contributed by atoms with Crippen molar-refractivity contribution in [3.63, 3.8) is 0 Å². The molecule has 0 saturated carbocycles. The number of carbonyl (C=O) groups is 2. The Morgan fingerprint density at radius 2 is 1.56 bits per heavy atom. The number of rotatable bonds is 11. The van der Waals surface area contributed by atoms with E-state index < -0.39 is 40.4 Å². The van der Waals surface area contributed by atoms with Gasteiger partial charge in [-0.25, -0.2) is 13.8 Å². The Hall–Kier alpha value is -5.50. The van der Waals surface area contributed by atoms with Gasteiger partial charge in [0, 0.05) is 38.3 Å². The van der Waals surface area contributed by atoms with Crippen LogP contribution in [0.15, 0.2) is 83.8 Å². The highest BCUT2D eigenvalue weighted by molar-refractivity contribution is 5.86. The zero-order valence-electron chi connectivity index (χ0n) is 29.6. The average molecular weight is 748 g/mol. The Balaban J connectivity index is 1.24. The summed E-state index contributed by atoms with van der Waals surface area (Å²) in [7, 11) is 0. The number of H-pyrrole nitrogens is 1. The van der Waals surface area contributed by atoms with E-state index in [1.54, 1.807) is 36.9 Å². The number of aromatic amines is 1. The number of hydrogen-bond donors (Lipinski definition) is 2. The lowest BCUT2D eigenvalue weighted by atomic mass is 9.94. The molecule has 282 valence electrons. The van der Waals surface area contributed by atoms with Crippen molar-refractivity contribution < 1.29 is 36.6 Å². The number of carboxylic acid groups (broad SMARTS) is 1. The van der Waals surface area contributed by atoms with Crippen LogP contribution in [0.2, 0.25) is 0 Å². The van der Waals surface area contributed by atoms with E-state index in [4.69, 9.17) is 0 Å².